The zero-order valence-corrected chi connectivity index (χ0v) is 19.2. The molecule has 0 amide bonds. The fourth-order valence-corrected chi connectivity index (χ4v) is 3.88. The van der Waals surface area contributed by atoms with Crippen LogP contribution < -0.4 is 5.69 Å². The number of rotatable bonds is 8. The van der Waals surface area contributed by atoms with Gasteiger partial charge >= 0.3 is 11.6 Å². The highest BCUT2D eigenvalue weighted by Crippen LogP contribution is 2.46. The van der Waals surface area contributed by atoms with E-state index in [1.807, 2.05) is 0 Å². The molecule has 0 bridgehead atoms. The lowest BCUT2D eigenvalue weighted by molar-refractivity contribution is -0.207. The standard InChI is InChI=1S/C23H17F4N9O2/c24-16-1-3-18(19(25)9-16)22(38,12-34-13-30-32-33-34)23(26,27)20-4-2-17(10-29-20)35-14-31-36(21(35)37)11-15-5-7-28-8-6-15/h1-10,13-14,38H,11-12H2. The fourth-order valence-electron chi connectivity index (χ4n) is 3.88. The van der Waals surface area contributed by atoms with Crippen LogP contribution >= 0.6 is 0 Å². The minimum absolute atomic E-state index is 0.118. The lowest BCUT2D eigenvalue weighted by Gasteiger charge is -2.35. The van der Waals surface area contributed by atoms with Gasteiger partial charge in [0.1, 0.15) is 30.0 Å². The van der Waals surface area contributed by atoms with Crippen molar-refractivity contribution in [2.24, 2.45) is 0 Å². The summed E-state index contributed by atoms with van der Waals surface area (Å²) in [5.74, 6) is -6.64. The van der Waals surface area contributed by atoms with Gasteiger partial charge in [-0.1, -0.05) is 0 Å². The molecule has 5 rings (SSSR count). The molecule has 38 heavy (non-hydrogen) atoms. The van der Waals surface area contributed by atoms with E-state index < -0.39 is 46.6 Å². The Kier molecular flexibility index (Phi) is 6.28. The zero-order valence-electron chi connectivity index (χ0n) is 19.2. The third-order valence-corrected chi connectivity index (χ3v) is 5.84. The zero-order chi connectivity index (χ0) is 26.9. The third-order valence-electron chi connectivity index (χ3n) is 5.84. The van der Waals surface area contributed by atoms with Crippen molar-refractivity contribution in [1.29, 1.82) is 0 Å². The number of pyridine rings is 2. The summed E-state index contributed by atoms with van der Waals surface area (Å²) in [6, 6.07) is 7.32. The van der Waals surface area contributed by atoms with Crippen LogP contribution in [0.1, 0.15) is 16.8 Å². The average Bonchev–Trinajstić information content (AvgIpc) is 3.54. The number of tetrazole rings is 1. The van der Waals surface area contributed by atoms with Crippen molar-refractivity contribution >= 4 is 0 Å². The highest BCUT2D eigenvalue weighted by atomic mass is 19.3. The number of benzene rings is 1. The molecule has 0 saturated heterocycles. The predicted octanol–water partition coefficient (Wildman–Crippen LogP) is 1.82. The molecule has 0 saturated carbocycles. The SMILES string of the molecule is O=c1n(-c2ccc(C(F)(F)C(O)(Cn3cnnn3)c3ccc(F)cc3F)nc2)cnn1Cc1ccncc1. The summed E-state index contributed by atoms with van der Waals surface area (Å²) in [7, 11) is 0. The average molecular weight is 527 g/mol. The maximum atomic E-state index is 15.9. The Hall–Kier alpha value is -4.79. The summed E-state index contributed by atoms with van der Waals surface area (Å²) in [5, 5.41) is 25.4. The Bertz CT molecular complexity index is 1610. The van der Waals surface area contributed by atoms with E-state index in [1.165, 1.54) is 17.1 Å². The Morgan fingerprint density at radius 1 is 1.00 bits per heavy atom. The number of nitrogens with zero attached hydrogens (tertiary/aromatic N) is 9. The van der Waals surface area contributed by atoms with Crippen LogP contribution in [-0.4, -0.2) is 49.6 Å². The number of aliphatic hydroxyl groups is 1. The van der Waals surface area contributed by atoms with Gasteiger partial charge in [-0.05, 0) is 52.4 Å². The van der Waals surface area contributed by atoms with Crippen molar-refractivity contribution in [3.8, 4) is 5.69 Å². The van der Waals surface area contributed by atoms with Crippen molar-refractivity contribution in [1.82, 2.24) is 44.5 Å². The molecule has 0 spiro atoms. The van der Waals surface area contributed by atoms with Crippen LogP contribution in [-0.2, 0) is 24.6 Å². The molecule has 0 aliphatic carbocycles. The second kappa shape index (κ2) is 9.59. The molecular weight excluding hydrogens is 510 g/mol. The van der Waals surface area contributed by atoms with Crippen LogP contribution in [0.5, 0.6) is 0 Å². The van der Waals surface area contributed by atoms with E-state index in [0.29, 0.717) is 12.1 Å². The largest absolute Gasteiger partial charge is 0.377 e. The van der Waals surface area contributed by atoms with Crippen molar-refractivity contribution in [3.63, 3.8) is 0 Å². The van der Waals surface area contributed by atoms with Crippen molar-refractivity contribution in [2.45, 2.75) is 24.6 Å². The van der Waals surface area contributed by atoms with E-state index in [-0.39, 0.29) is 12.2 Å². The van der Waals surface area contributed by atoms with E-state index in [4.69, 9.17) is 0 Å². The summed E-state index contributed by atoms with van der Waals surface area (Å²) in [5.41, 5.74) is -4.77. The monoisotopic (exact) mass is 527 g/mol. The minimum Gasteiger partial charge on any atom is -0.377 e. The molecule has 1 atom stereocenters. The molecule has 1 N–H and O–H groups in total. The lowest BCUT2D eigenvalue weighted by Crippen LogP contribution is -2.48. The van der Waals surface area contributed by atoms with Gasteiger partial charge in [-0.25, -0.2) is 27.5 Å². The van der Waals surface area contributed by atoms with E-state index >= 15 is 8.78 Å². The van der Waals surface area contributed by atoms with Gasteiger partial charge in [-0.3, -0.25) is 9.97 Å². The molecule has 1 aromatic carbocycles. The summed E-state index contributed by atoms with van der Waals surface area (Å²) in [6.07, 6.45) is 6.29. The van der Waals surface area contributed by atoms with Gasteiger partial charge in [-0.2, -0.15) is 13.9 Å². The quantitative estimate of drug-likeness (QED) is 0.303. The van der Waals surface area contributed by atoms with Gasteiger partial charge in [0.15, 0.2) is 5.60 Å². The Morgan fingerprint density at radius 2 is 1.79 bits per heavy atom. The maximum absolute atomic E-state index is 15.9. The molecule has 0 aliphatic rings. The third kappa shape index (κ3) is 4.43. The van der Waals surface area contributed by atoms with Crippen molar-refractivity contribution < 1.29 is 22.7 Å². The molecule has 0 aliphatic heterocycles. The molecule has 15 heteroatoms. The second-order valence-electron chi connectivity index (χ2n) is 8.26. The molecule has 0 fully saturated rings. The van der Waals surface area contributed by atoms with Crippen LogP contribution in [0.25, 0.3) is 5.69 Å². The minimum atomic E-state index is -4.23. The number of halogens is 4. The van der Waals surface area contributed by atoms with Gasteiger partial charge in [0.05, 0.1) is 25.0 Å². The van der Waals surface area contributed by atoms with Crippen LogP contribution in [0.2, 0.25) is 0 Å². The van der Waals surface area contributed by atoms with E-state index in [9.17, 15) is 18.7 Å². The summed E-state index contributed by atoms with van der Waals surface area (Å²) in [6.45, 7) is -0.828. The van der Waals surface area contributed by atoms with E-state index in [0.717, 1.165) is 39.5 Å². The van der Waals surface area contributed by atoms with Crippen molar-refractivity contribution in [3.05, 3.63) is 113 Å². The predicted molar refractivity (Wildman–Crippen MR) is 121 cm³/mol. The van der Waals surface area contributed by atoms with Gasteiger partial charge < -0.3 is 5.11 Å². The van der Waals surface area contributed by atoms with Gasteiger partial charge in [-0.15, -0.1) is 5.10 Å². The smallest absolute Gasteiger partial charge is 0.350 e. The van der Waals surface area contributed by atoms with Crippen LogP contribution in [0.4, 0.5) is 17.6 Å². The first-order chi connectivity index (χ1) is 18.2. The number of hydrogen-bond acceptors (Lipinski definition) is 8. The lowest BCUT2D eigenvalue weighted by atomic mass is 9.84. The van der Waals surface area contributed by atoms with Crippen LogP contribution in [0.15, 0.2) is 78.5 Å². The fraction of sp³-hybridized carbons (Fsp3) is 0.174. The number of alkyl halides is 2. The van der Waals surface area contributed by atoms with E-state index in [1.54, 1.807) is 24.5 Å². The molecule has 1 unspecified atom stereocenters. The molecule has 194 valence electrons. The number of aromatic nitrogens is 9. The molecular formula is C23H17F4N9O2. The molecule has 5 aromatic rings. The topological polar surface area (TPSA) is 129 Å². The van der Waals surface area contributed by atoms with Gasteiger partial charge in [0, 0.05) is 24.0 Å². The maximum Gasteiger partial charge on any atom is 0.350 e. The molecule has 0 radical (unpaired) electrons. The normalized spacial score (nSPS) is 13.4. The summed E-state index contributed by atoms with van der Waals surface area (Å²) >= 11 is 0. The molecule has 11 nitrogen and oxygen atoms in total. The van der Waals surface area contributed by atoms with Crippen LogP contribution in [0, 0.1) is 11.6 Å². The second-order valence-corrected chi connectivity index (χ2v) is 8.26. The Labute approximate surface area is 210 Å². The number of hydrogen-bond donors (Lipinski definition) is 1. The summed E-state index contributed by atoms with van der Waals surface area (Å²) in [4.78, 5) is 20.4. The van der Waals surface area contributed by atoms with Crippen molar-refractivity contribution in [2.75, 3.05) is 0 Å². The highest BCUT2D eigenvalue weighted by Gasteiger charge is 2.58. The van der Waals surface area contributed by atoms with E-state index in [2.05, 4.69) is 30.6 Å². The summed E-state index contributed by atoms with van der Waals surface area (Å²) < 4.78 is 62.9. The first-order valence-electron chi connectivity index (χ1n) is 11.0. The Balaban J connectivity index is 1.49. The van der Waals surface area contributed by atoms with Gasteiger partial charge in [0.2, 0.25) is 0 Å². The van der Waals surface area contributed by atoms with Crippen LogP contribution in [0.3, 0.4) is 0 Å². The van der Waals surface area contributed by atoms with Gasteiger partial charge in [0.25, 0.3) is 0 Å². The Morgan fingerprint density at radius 3 is 2.45 bits per heavy atom. The molecule has 4 heterocycles. The highest BCUT2D eigenvalue weighted by molar-refractivity contribution is 5.34. The first-order valence-corrected chi connectivity index (χ1v) is 11.0. The first kappa shape index (κ1) is 24.9. The molecule has 4 aromatic heterocycles.